The summed E-state index contributed by atoms with van der Waals surface area (Å²) in [7, 11) is 1.68. The van der Waals surface area contributed by atoms with Gasteiger partial charge in [0.1, 0.15) is 17.4 Å². The first-order chi connectivity index (χ1) is 14.9. The third kappa shape index (κ3) is 7.01. The van der Waals surface area contributed by atoms with Gasteiger partial charge in [-0.3, -0.25) is 4.79 Å². The number of hydrogen-bond acceptors (Lipinski definition) is 4. The number of ether oxygens (including phenoxy) is 2. The molecule has 2 rings (SSSR count). The minimum Gasteiger partial charge on any atom is -0.494 e. The number of carbonyl (C=O) groups is 1. The molecular weight excluding hydrogens is 390 g/mol. The fourth-order valence-electron chi connectivity index (χ4n) is 3.60. The lowest BCUT2D eigenvalue weighted by molar-refractivity contribution is -0.117. The van der Waals surface area contributed by atoms with E-state index < -0.39 is 0 Å². The van der Waals surface area contributed by atoms with Crippen molar-refractivity contribution in [3.8, 4) is 11.8 Å². The number of methoxy groups -OCH3 is 1. The summed E-state index contributed by atoms with van der Waals surface area (Å²) >= 11 is 0. The molecule has 6 heteroatoms. The standard InChI is InChI=1S/C25H33N3O3/c1-18-8-10-24(11-9-18)31-13-7-6-12-27-25(29)23(16-26)15-22-14-19(2)28(21(22)4)20(3)17-30-5/h8-11,14-15,20H,6-7,12-13,17H2,1-5H3,(H,27,29)/b23-15-. The fourth-order valence-corrected chi connectivity index (χ4v) is 3.60. The van der Waals surface area contributed by atoms with Crippen molar-refractivity contribution in [1.82, 2.24) is 9.88 Å². The number of aromatic nitrogens is 1. The maximum absolute atomic E-state index is 12.4. The Morgan fingerprint density at radius 2 is 1.94 bits per heavy atom. The first-order valence-electron chi connectivity index (χ1n) is 10.6. The van der Waals surface area contributed by atoms with Crippen molar-refractivity contribution >= 4 is 12.0 Å². The van der Waals surface area contributed by atoms with E-state index in [1.807, 2.05) is 57.2 Å². The average molecular weight is 424 g/mol. The molecule has 0 aliphatic heterocycles. The average Bonchev–Trinajstić information content (AvgIpc) is 3.02. The van der Waals surface area contributed by atoms with Crippen LogP contribution in [0.5, 0.6) is 5.75 Å². The molecule has 1 aromatic heterocycles. The van der Waals surface area contributed by atoms with E-state index in [1.54, 1.807) is 13.2 Å². The van der Waals surface area contributed by atoms with Crippen LogP contribution in [-0.2, 0) is 9.53 Å². The maximum atomic E-state index is 12.4. The van der Waals surface area contributed by atoms with Crippen molar-refractivity contribution in [3.63, 3.8) is 0 Å². The predicted octanol–water partition coefficient (Wildman–Crippen LogP) is 4.50. The van der Waals surface area contributed by atoms with Crippen molar-refractivity contribution < 1.29 is 14.3 Å². The van der Waals surface area contributed by atoms with Crippen molar-refractivity contribution in [2.75, 3.05) is 26.9 Å². The monoisotopic (exact) mass is 423 g/mol. The molecule has 1 atom stereocenters. The van der Waals surface area contributed by atoms with E-state index in [2.05, 4.69) is 16.8 Å². The van der Waals surface area contributed by atoms with Gasteiger partial charge in [-0.25, -0.2) is 0 Å². The van der Waals surface area contributed by atoms with E-state index >= 15 is 0 Å². The molecule has 6 nitrogen and oxygen atoms in total. The number of unbranched alkanes of at least 4 members (excludes halogenated alkanes) is 1. The van der Waals surface area contributed by atoms with Gasteiger partial charge in [-0.05, 0) is 70.4 Å². The van der Waals surface area contributed by atoms with Gasteiger partial charge >= 0.3 is 0 Å². The number of nitrogens with zero attached hydrogens (tertiary/aromatic N) is 2. The van der Waals surface area contributed by atoms with Gasteiger partial charge < -0.3 is 19.4 Å². The molecule has 0 bridgehead atoms. The lowest BCUT2D eigenvalue weighted by Gasteiger charge is -2.17. The van der Waals surface area contributed by atoms with Crippen LogP contribution in [-0.4, -0.2) is 37.3 Å². The number of benzene rings is 1. The van der Waals surface area contributed by atoms with Crippen LogP contribution >= 0.6 is 0 Å². The molecule has 0 aliphatic rings. The summed E-state index contributed by atoms with van der Waals surface area (Å²) < 4.78 is 13.1. The van der Waals surface area contributed by atoms with E-state index in [-0.39, 0.29) is 17.5 Å². The van der Waals surface area contributed by atoms with E-state index in [9.17, 15) is 10.1 Å². The van der Waals surface area contributed by atoms with E-state index in [0.717, 1.165) is 35.5 Å². The second kappa shape index (κ2) is 12.0. The summed E-state index contributed by atoms with van der Waals surface area (Å²) in [6.45, 7) is 9.81. The molecule has 0 aliphatic carbocycles. The second-order valence-electron chi connectivity index (χ2n) is 7.80. The number of carbonyl (C=O) groups excluding carboxylic acids is 1. The Balaban J connectivity index is 1.86. The van der Waals surface area contributed by atoms with Crippen molar-refractivity contribution in [2.24, 2.45) is 0 Å². The molecule has 0 fully saturated rings. The van der Waals surface area contributed by atoms with E-state index in [4.69, 9.17) is 9.47 Å². The molecule has 1 N–H and O–H groups in total. The van der Waals surface area contributed by atoms with Gasteiger partial charge in [0, 0.05) is 25.0 Å². The lowest BCUT2D eigenvalue weighted by Crippen LogP contribution is -2.25. The van der Waals surface area contributed by atoms with Gasteiger partial charge in [-0.1, -0.05) is 17.7 Å². The normalized spacial score (nSPS) is 12.3. The number of amides is 1. The highest BCUT2D eigenvalue weighted by molar-refractivity contribution is 6.01. The number of nitrogens with one attached hydrogen (secondary N) is 1. The van der Waals surface area contributed by atoms with Crippen molar-refractivity contribution in [2.45, 2.75) is 46.6 Å². The Morgan fingerprint density at radius 3 is 2.58 bits per heavy atom. The first kappa shape index (κ1) is 24.2. The summed E-state index contributed by atoms with van der Waals surface area (Å²) in [5.74, 6) is 0.499. The molecular formula is C25H33N3O3. The molecule has 1 aromatic carbocycles. The molecule has 0 saturated carbocycles. The summed E-state index contributed by atoms with van der Waals surface area (Å²) in [6.07, 6.45) is 3.26. The highest BCUT2D eigenvalue weighted by Crippen LogP contribution is 2.22. The molecule has 0 saturated heterocycles. The van der Waals surface area contributed by atoms with Gasteiger partial charge in [0.25, 0.3) is 5.91 Å². The van der Waals surface area contributed by atoms with Crippen molar-refractivity contribution in [3.05, 3.63) is 58.4 Å². The van der Waals surface area contributed by atoms with Gasteiger partial charge in [0.15, 0.2) is 0 Å². The van der Waals surface area contributed by atoms with Gasteiger partial charge in [-0.2, -0.15) is 5.26 Å². The van der Waals surface area contributed by atoms with Crippen LogP contribution < -0.4 is 10.1 Å². The second-order valence-corrected chi connectivity index (χ2v) is 7.80. The van der Waals surface area contributed by atoms with E-state index in [0.29, 0.717) is 19.8 Å². The fraction of sp³-hybridized carbons (Fsp3) is 0.440. The topological polar surface area (TPSA) is 76.3 Å². The van der Waals surface area contributed by atoms with Crippen LogP contribution in [0.4, 0.5) is 0 Å². The molecule has 31 heavy (non-hydrogen) atoms. The number of rotatable bonds is 11. The Bertz CT molecular complexity index is 936. The van der Waals surface area contributed by atoms with Crippen LogP contribution in [0.3, 0.4) is 0 Å². The minimum absolute atomic E-state index is 0.107. The maximum Gasteiger partial charge on any atom is 0.261 e. The Hall–Kier alpha value is -3.04. The predicted molar refractivity (Wildman–Crippen MR) is 123 cm³/mol. The molecule has 2 aromatic rings. The van der Waals surface area contributed by atoms with Gasteiger partial charge in [0.05, 0.1) is 19.3 Å². The molecule has 0 radical (unpaired) electrons. The molecule has 166 valence electrons. The number of hydrogen-bond donors (Lipinski definition) is 1. The SMILES string of the molecule is COCC(C)n1c(C)cc(/C=C(/C#N)C(=O)NCCCCOc2ccc(C)cc2)c1C. The molecule has 1 unspecified atom stereocenters. The van der Waals surface area contributed by atoms with Crippen LogP contribution in [0.2, 0.25) is 0 Å². The largest absolute Gasteiger partial charge is 0.494 e. The quantitative estimate of drug-likeness (QED) is 0.328. The number of aryl methyl sites for hydroxylation is 2. The zero-order valence-electron chi connectivity index (χ0n) is 19.2. The summed E-state index contributed by atoms with van der Waals surface area (Å²) in [5.41, 5.74) is 4.26. The molecule has 1 heterocycles. The third-order valence-corrected chi connectivity index (χ3v) is 5.18. The van der Waals surface area contributed by atoms with Crippen LogP contribution in [0.15, 0.2) is 35.9 Å². The highest BCUT2D eigenvalue weighted by Gasteiger charge is 2.15. The smallest absolute Gasteiger partial charge is 0.261 e. The number of nitriles is 1. The Morgan fingerprint density at radius 1 is 1.23 bits per heavy atom. The van der Waals surface area contributed by atoms with Gasteiger partial charge in [-0.15, -0.1) is 0 Å². The minimum atomic E-state index is -0.350. The molecule has 0 spiro atoms. The highest BCUT2D eigenvalue weighted by atomic mass is 16.5. The summed E-state index contributed by atoms with van der Waals surface area (Å²) in [4.78, 5) is 12.4. The zero-order valence-corrected chi connectivity index (χ0v) is 19.2. The molecule has 1 amide bonds. The summed E-state index contributed by atoms with van der Waals surface area (Å²) in [6, 6.07) is 12.1. The third-order valence-electron chi connectivity index (χ3n) is 5.18. The first-order valence-corrected chi connectivity index (χ1v) is 10.6. The zero-order chi connectivity index (χ0) is 22.8. The Kier molecular flexibility index (Phi) is 9.36. The Labute approximate surface area is 185 Å². The van der Waals surface area contributed by atoms with Crippen LogP contribution in [0.25, 0.3) is 6.08 Å². The van der Waals surface area contributed by atoms with Crippen molar-refractivity contribution in [1.29, 1.82) is 5.26 Å². The van der Waals surface area contributed by atoms with Crippen LogP contribution in [0, 0.1) is 32.1 Å². The van der Waals surface area contributed by atoms with Crippen LogP contribution in [0.1, 0.15) is 48.3 Å². The van der Waals surface area contributed by atoms with E-state index in [1.165, 1.54) is 5.56 Å². The summed E-state index contributed by atoms with van der Waals surface area (Å²) in [5, 5.41) is 12.3. The lowest BCUT2D eigenvalue weighted by atomic mass is 10.1. The van der Waals surface area contributed by atoms with Gasteiger partial charge in [0.2, 0.25) is 0 Å².